The predicted molar refractivity (Wildman–Crippen MR) is 85.5 cm³/mol. The van der Waals surface area contributed by atoms with Crippen LogP contribution in [-0.2, 0) is 0 Å². The first-order chi connectivity index (χ1) is 10.6. The van der Waals surface area contributed by atoms with E-state index in [4.69, 9.17) is 5.73 Å². The summed E-state index contributed by atoms with van der Waals surface area (Å²) in [6.45, 7) is 6.44. The number of hydrogen-bond acceptors (Lipinski definition) is 6. The van der Waals surface area contributed by atoms with E-state index in [9.17, 15) is 5.26 Å². The van der Waals surface area contributed by atoms with E-state index in [1.165, 1.54) is 5.69 Å². The molecular formula is C16H22N6. The molecule has 4 N–H and O–H groups in total. The van der Waals surface area contributed by atoms with Gasteiger partial charge in [-0.2, -0.15) is 5.26 Å². The van der Waals surface area contributed by atoms with E-state index in [2.05, 4.69) is 40.7 Å². The number of nitrogens with one attached hydrogen (secondary N) is 2. The molecule has 1 aromatic rings. The van der Waals surface area contributed by atoms with Gasteiger partial charge in [-0.3, -0.25) is 10.9 Å². The molecule has 5 heterocycles. The number of nitrogens with zero attached hydrogens (tertiary/aromatic N) is 3. The van der Waals surface area contributed by atoms with Gasteiger partial charge in [0.2, 0.25) is 0 Å². The molecule has 6 heteroatoms. The fourth-order valence-corrected chi connectivity index (χ4v) is 4.44. The van der Waals surface area contributed by atoms with E-state index in [0.29, 0.717) is 17.3 Å². The Morgan fingerprint density at radius 1 is 1.23 bits per heavy atom. The summed E-state index contributed by atoms with van der Waals surface area (Å²) in [5, 5.41) is 9.67. The van der Waals surface area contributed by atoms with E-state index >= 15 is 0 Å². The van der Waals surface area contributed by atoms with E-state index in [1.54, 1.807) is 0 Å². The molecule has 4 aliphatic rings. The fraction of sp³-hybridized carbons (Fsp3) is 0.625. The van der Waals surface area contributed by atoms with Crippen molar-refractivity contribution in [3.8, 4) is 6.07 Å². The van der Waals surface area contributed by atoms with Gasteiger partial charge in [-0.1, -0.05) is 0 Å². The van der Waals surface area contributed by atoms with Crippen LogP contribution in [0.25, 0.3) is 0 Å². The fourth-order valence-electron chi connectivity index (χ4n) is 4.44. The molecule has 2 fully saturated rings. The average Bonchev–Trinajstić information content (AvgIpc) is 2.86. The van der Waals surface area contributed by atoms with Gasteiger partial charge in [0.1, 0.15) is 11.9 Å². The summed E-state index contributed by atoms with van der Waals surface area (Å²) >= 11 is 0. The van der Waals surface area contributed by atoms with Crippen molar-refractivity contribution in [1.82, 2.24) is 15.8 Å². The first-order valence-electron chi connectivity index (χ1n) is 8.11. The average molecular weight is 298 g/mol. The van der Waals surface area contributed by atoms with Crippen molar-refractivity contribution >= 4 is 11.5 Å². The molecule has 0 saturated carbocycles. The van der Waals surface area contributed by atoms with Gasteiger partial charge < -0.3 is 10.6 Å². The van der Waals surface area contributed by atoms with Gasteiger partial charge in [0, 0.05) is 42.6 Å². The first kappa shape index (κ1) is 13.8. The van der Waals surface area contributed by atoms with Gasteiger partial charge in [0.05, 0.1) is 16.9 Å². The van der Waals surface area contributed by atoms with Crippen LogP contribution in [0.1, 0.15) is 55.3 Å². The number of rotatable bonds is 1. The molecule has 0 aromatic carbocycles. The van der Waals surface area contributed by atoms with Crippen LogP contribution in [0.5, 0.6) is 0 Å². The Morgan fingerprint density at radius 3 is 2.45 bits per heavy atom. The second-order valence-electron chi connectivity index (χ2n) is 6.78. The zero-order chi connectivity index (χ0) is 15.4. The number of fused-ring (bicyclic) bond motifs is 2. The van der Waals surface area contributed by atoms with E-state index in [0.717, 1.165) is 37.2 Å². The van der Waals surface area contributed by atoms with E-state index in [1.807, 2.05) is 0 Å². The van der Waals surface area contributed by atoms with Gasteiger partial charge in [-0.25, -0.2) is 4.98 Å². The molecule has 2 unspecified atom stereocenters. The SMILES string of the molecule is CC1NNC(C)C1c1c(C#N)c(N)nc2c1N1CCC2CC1. The Labute approximate surface area is 130 Å². The van der Waals surface area contributed by atoms with Crippen LogP contribution in [0.2, 0.25) is 0 Å². The highest BCUT2D eigenvalue weighted by atomic mass is 15.4. The molecule has 116 valence electrons. The molecule has 0 radical (unpaired) electrons. The minimum absolute atomic E-state index is 0.230. The molecule has 5 rings (SSSR count). The minimum Gasteiger partial charge on any atom is -0.383 e. The summed E-state index contributed by atoms with van der Waals surface area (Å²) in [5.41, 5.74) is 16.7. The lowest BCUT2D eigenvalue weighted by molar-refractivity contribution is 0.457. The van der Waals surface area contributed by atoms with Crippen molar-refractivity contribution in [3.05, 3.63) is 16.8 Å². The lowest BCUT2D eigenvalue weighted by Crippen LogP contribution is -2.41. The van der Waals surface area contributed by atoms with Crippen LogP contribution in [0, 0.1) is 11.3 Å². The number of aromatic nitrogens is 1. The van der Waals surface area contributed by atoms with Gasteiger partial charge in [-0.15, -0.1) is 0 Å². The Bertz CT molecular complexity index is 646. The zero-order valence-corrected chi connectivity index (χ0v) is 13.1. The molecule has 0 spiro atoms. The lowest BCUT2D eigenvalue weighted by Gasteiger charge is -2.44. The summed E-state index contributed by atoms with van der Waals surface area (Å²) < 4.78 is 0. The number of hydrazine groups is 1. The van der Waals surface area contributed by atoms with Gasteiger partial charge in [0.25, 0.3) is 0 Å². The maximum atomic E-state index is 9.67. The molecule has 2 atom stereocenters. The van der Waals surface area contributed by atoms with Crippen LogP contribution in [0.4, 0.5) is 11.5 Å². The summed E-state index contributed by atoms with van der Waals surface area (Å²) in [6, 6.07) is 2.84. The van der Waals surface area contributed by atoms with E-state index in [-0.39, 0.29) is 18.0 Å². The molecule has 22 heavy (non-hydrogen) atoms. The van der Waals surface area contributed by atoms with Crippen molar-refractivity contribution in [1.29, 1.82) is 5.26 Å². The van der Waals surface area contributed by atoms with Crippen LogP contribution in [-0.4, -0.2) is 30.2 Å². The predicted octanol–water partition coefficient (Wildman–Crippen LogP) is 1.20. The molecule has 1 aromatic heterocycles. The molecule has 0 aliphatic carbocycles. The summed E-state index contributed by atoms with van der Waals surface area (Å²) in [4.78, 5) is 7.03. The van der Waals surface area contributed by atoms with Crippen molar-refractivity contribution in [3.63, 3.8) is 0 Å². The quantitative estimate of drug-likeness (QED) is 0.722. The van der Waals surface area contributed by atoms with Crippen LogP contribution < -0.4 is 21.5 Å². The molecule has 4 aliphatic heterocycles. The highest BCUT2D eigenvalue weighted by Gasteiger charge is 2.41. The standard InChI is InChI=1S/C16H22N6/c1-8-12(9(2)21-20-8)13-11(7-17)16(18)19-14-10-3-5-22(6-4-10)15(13)14/h8-10,12,20-21H,3-6H2,1-2H3,(H2,18,19). The minimum atomic E-state index is 0.230. The maximum absolute atomic E-state index is 9.67. The number of nitrogen functional groups attached to an aromatic ring is 1. The Morgan fingerprint density at radius 2 is 1.86 bits per heavy atom. The van der Waals surface area contributed by atoms with Crippen molar-refractivity contribution in [2.75, 3.05) is 23.7 Å². The second-order valence-corrected chi connectivity index (χ2v) is 6.78. The van der Waals surface area contributed by atoms with Crippen molar-refractivity contribution < 1.29 is 0 Å². The largest absolute Gasteiger partial charge is 0.383 e. The van der Waals surface area contributed by atoms with Crippen molar-refractivity contribution in [2.45, 2.75) is 50.6 Å². The van der Waals surface area contributed by atoms with Crippen LogP contribution in [0.3, 0.4) is 0 Å². The third-order valence-corrected chi connectivity index (χ3v) is 5.52. The molecule has 0 amide bonds. The number of nitriles is 1. The third-order valence-electron chi connectivity index (χ3n) is 5.52. The molecule has 2 saturated heterocycles. The van der Waals surface area contributed by atoms with Gasteiger partial charge >= 0.3 is 0 Å². The monoisotopic (exact) mass is 298 g/mol. The van der Waals surface area contributed by atoms with E-state index < -0.39 is 0 Å². The topological polar surface area (TPSA) is 90.0 Å². The smallest absolute Gasteiger partial charge is 0.142 e. The van der Waals surface area contributed by atoms with Crippen molar-refractivity contribution in [2.24, 2.45) is 0 Å². The Hall–Kier alpha value is -1.84. The van der Waals surface area contributed by atoms with Gasteiger partial charge in [0.15, 0.2) is 0 Å². The molecular weight excluding hydrogens is 276 g/mol. The second kappa shape index (κ2) is 4.83. The highest BCUT2D eigenvalue weighted by molar-refractivity contribution is 5.72. The number of anilines is 2. The number of piperidine rings is 1. The van der Waals surface area contributed by atoms with Crippen LogP contribution >= 0.6 is 0 Å². The molecule has 2 bridgehead atoms. The molecule has 6 nitrogen and oxygen atoms in total. The maximum Gasteiger partial charge on any atom is 0.142 e. The number of hydrogen-bond donors (Lipinski definition) is 3. The summed E-state index contributed by atoms with van der Waals surface area (Å²) in [5.74, 6) is 1.13. The lowest BCUT2D eigenvalue weighted by atomic mass is 9.78. The third kappa shape index (κ3) is 1.76. The van der Waals surface area contributed by atoms with Crippen LogP contribution in [0.15, 0.2) is 0 Å². The zero-order valence-electron chi connectivity index (χ0n) is 13.1. The number of nitrogens with two attached hydrogens (primary N) is 1. The number of pyridine rings is 1. The summed E-state index contributed by atoms with van der Waals surface area (Å²) in [7, 11) is 0. The normalized spacial score (nSPS) is 30.4. The summed E-state index contributed by atoms with van der Waals surface area (Å²) in [6.07, 6.45) is 2.30. The van der Waals surface area contributed by atoms with Gasteiger partial charge in [-0.05, 0) is 26.7 Å². The first-order valence-corrected chi connectivity index (χ1v) is 8.11. The Balaban J connectivity index is 1.98. The Kier molecular flexibility index (Phi) is 3.03. The highest BCUT2D eigenvalue weighted by Crippen LogP contribution is 2.48.